The van der Waals surface area contributed by atoms with Crippen molar-refractivity contribution in [1.82, 2.24) is 10.2 Å². The highest BCUT2D eigenvalue weighted by molar-refractivity contribution is 4.93. The van der Waals surface area contributed by atoms with E-state index in [1.54, 1.807) is 0 Å². The number of fused-ring (bicyclic) bond motifs is 1. The number of rotatable bonds is 5. The molecule has 0 radical (unpaired) electrons. The summed E-state index contributed by atoms with van der Waals surface area (Å²) in [7, 11) is 0. The van der Waals surface area contributed by atoms with Gasteiger partial charge < -0.3 is 5.32 Å². The maximum absolute atomic E-state index is 3.57. The van der Waals surface area contributed by atoms with E-state index in [2.05, 4.69) is 31.0 Å². The van der Waals surface area contributed by atoms with Crippen molar-refractivity contribution in [3.63, 3.8) is 0 Å². The molecule has 17 heavy (non-hydrogen) atoms. The molecule has 2 heteroatoms. The maximum atomic E-state index is 3.57. The Morgan fingerprint density at radius 3 is 2.65 bits per heavy atom. The third-order valence-electron chi connectivity index (χ3n) is 4.84. The predicted molar refractivity (Wildman–Crippen MR) is 74.2 cm³/mol. The molecule has 1 aliphatic carbocycles. The first-order chi connectivity index (χ1) is 8.24. The second kappa shape index (κ2) is 6.19. The van der Waals surface area contributed by atoms with E-state index in [-0.39, 0.29) is 0 Å². The molecular weight excluding hydrogens is 208 g/mol. The average molecular weight is 238 g/mol. The molecule has 1 saturated heterocycles. The Balaban J connectivity index is 2.00. The van der Waals surface area contributed by atoms with Gasteiger partial charge in [0.15, 0.2) is 0 Å². The fourth-order valence-corrected chi connectivity index (χ4v) is 3.93. The first-order valence-corrected chi connectivity index (χ1v) is 7.70. The molecule has 2 fully saturated rings. The number of nitrogens with zero attached hydrogens (tertiary/aromatic N) is 1. The van der Waals surface area contributed by atoms with E-state index in [1.165, 1.54) is 45.2 Å². The molecule has 1 N–H and O–H groups in total. The Bertz CT molecular complexity index is 227. The van der Waals surface area contributed by atoms with Crippen molar-refractivity contribution in [3.8, 4) is 0 Å². The third-order valence-corrected chi connectivity index (χ3v) is 4.84. The predicted octanol–water partition coefficient (Wildman–Crippen LogP) is 2.89. The largest absolute Gasteiger partial charge is 0.315 e. The van der Waals surface area contributed by atoms with Crippen LogP contribution in [-0.4, -0.2) is 36.6 Å². The van der Waals surface area contributed by atoms with Crippen LogP contribution in [0.4, 0.5) is 0 Å². The van der Waals surface area contributed by atoms with Crippen LogP contribution in [0.2, 0.25) is 0 Å². The molecule has 1 aliphatic heterocycles. The number of hydrogen-bond donors (Lipinski definition) is 1. The van der Waals surface area contributed by atoms with Crippen LogP contribution in [0.1, 0.15) is 52.9 Å². The Hall–Kier alpha value is -0.0800. The SMILES string of the molecule is CCNCC(C(C)C)N1CCCC2CCCC21. The average Bonchev–Trinajstić information content (AvgIpc) is 2.77. The molecule has 2 nitrogen and oxygen atoms in total. The van der Waals surface area contributed by atoms with Gasteiger partial charge in [-0.15, -0.1) is 0 Å². The van der Waals surface area contributed by atoms with Gasteiger partial charge in [0.25, 0.3) is 0 Å². The van der Waals surface area contributed by atoms with Gasteiger partial charge in [0.2, 0.25) is 0 Å². The summed E-state index contributed by atoms with van der Waals surface area (Å²) in [6.45, 7) is 10.6. The minimum Gasteiger partial charge on any atom is -0.315 e. The quantitative estimate of drug-likeness (QED) is 0.792. The smallest absolute Gasteiger partial charge is 0.0246 e. The maximum Gasteiger partial charge on any atom is 0.0246 e. The summed E-state index contributed by atoms with van der Waals surface area (Å²) in [5.74, 6) is 1.79. The van der Waals surface area contributed by atoms with Crippen LogP contribution in [0.25, 0.3) is 0 Å². The van der Waals surface area contributed by atoms with E-state index >= 15 is 0 Å². The van der Waals surface area contributed by atoms with E-state index in [9.17, 15) is 0 Å². The minimum atomic E-state index is 0.751. The van der Waals surface area contributed by atoms with Crippen molar-refractivity contribution >= 4 is 0 Å². The lowest BCUT2D eigenvalue weighted by Gasteiger charge is -2.44. The number of piperidine rings is 1. The molecule has 0 aromatic rings. The number of likely N-dealkylation sites (N-methyl/N-ethyl adjacent to an activating group) is 1. The second-order valence-electron chi connectivity index (χ2n) is 6.26. The van der Waals surface area contributed by atoms with Crippen LogP contribution < -0.4 is 5.32 Å². The number of likely N-dealkylation sites (tertiary alicyclic amines) is 1. The topological polar surface area (TPSA) is 15.3 Å². The normalized spacial score (nSPS) is 31.8. The zero-order valence-electron chi connectivity index (χ0n) is 11.9. The van der Waals surface area contributed by atoms with Crippen molar-refractivity contribution in [2.45, 2.75) is 65.0 Å². The van der Waals surface area contributed by atoms with Gasteiger partial charge in [-0.3, -0.25) is 4.90 Å². The van der Waals surface area contributed by atoms with E-state index in [4.69, 9.17) is 0 Å². The summed E-state index contributed by atoms with van der Waals surface area (Å²) in [6.07, 6.45) is 7.34. The zero-order chi connectivity index (χ0) is 12.3. The van der Waals surface area contributed by atoms with Crippen LogP contribution in [0.5, 0.6) is 0 Å². The molecule has 2 rings (SSSR count). The standard InChI is InChI=1S/C15H30N2/c1-4-16-11-15(12(2)3)17-10-6-8-13-7-5-9-14(13)17/h12-16H,4-11H2,1-3H3. The van der Waals surface area contributed by atoms with Gasteiger partial charge in [0.1, 0.15) is 0 Å². The Morgan fingerprint density at radius 2 is 1.94 bits per heavy atom. The molecule has 0 spiro atoms. The Kier molecular flexibility index (Phi) is 4.87. The number of hydrogen-bond acceptors (Lipinski definition) is 2. The molecule has 0 bridgehead atoms. The Morgan fingerprint density at radius 1 is 1.18 bits per heavy atom. The van der Waals surface area contributed by atoms with Crippen molar-refractivity contribution in [2.75, 3.05) is 19.6 Å². The molecule has 100 valence electrons. The van der Waals surface area contributed by atoms with Crippen molar-refractivity contribution in [1.29, 1.82) is 0 Å². The zero-order valence-corrected chi connectivity index (χ0v) is 11.9. The lowest BCUT2D eigenvalue weighted by molar-refractivity contribution is 0.0463. The first kappa shape index (κ1) is 13.4. The molecule has 1 saturated carbocycles. The van der Waals surface area contributed by atoms with Crippen LogP contribution >= 0.6 is 0 Å². The highest BCUT2D eigenvalue weighted by Crippen LogP contribution is 2.38. The molecule has 3 atom stereocenters. The van der Waals surface area contributed by atoms with E-state index in [1.807, 2.05) is 0 Å². The van der Waals surface area contributed by atoms with Gasteiger partial charge >= 0.3 is 0 Å². The third kappa shape index (κ3) is 3.03. The molecule has 1 heterocycles. The van der Waals surface area contributed by atoms with Gasteiger partial charge in [0.05, 0.1) is 0 Å². The monoisotopic (exact) mass is 238 g/mol. The lowest BCUT2D eigenvalue weighted by Crippen LogP contribution is -2.53. The summed E-state index contributed by atoms with van der Waals surface area (Å²) in [4.78, 5) is 2.86. The number of nitrogens with one attached hydrogen (secondary N) is 1. The van der Waals surface area contributed by atoms with E-state index in [0.717, 1.165) is 30.5 Å². The van der Waals surface area contributed by atoms with Crippen LogP contribution in [0, 0.1) is 11.8 Å². The van der Waals surface area contributed by atoms with Crippen molar-refractivity contribution < 1.29 is 0 Å². The molecule has 2 aliphatic rings. The lowest BCUT2D eigenvalue weighted by atomic mass is 9.88. The first-order valence-electron chi connectivity index (χ1n) is 7.70. The summed E-state index contributed by atoms with van der Waals surface area (Å²) in [5, 5.41) is 3.57. The molecule has 0 aromatic carbocycles. The molecule has 0 amide bonds. The molecular formula is C15H30N2. The van der Waals surface area contributed by atoms with E-state index in [0.29, 0.717) is 0 Å². The second-order valence-corrected chi connectivity index (χ2v) is 6.26. The summed E-state index contributed by atoms with van der Waals surface area (Å²) < 4.78 is 0. The van der Waals surface area contributed by atoms with Gasteiger partial charge in [-0.1, -0.05) is 27.2 Å². The minimum absolute atomic E-state index is 0.751. The van der Waals surface area contributed by atoms with Crippen LogP contribution in [-0.2, 0) is 0 Å². The van der Waals surface area contributed by atoms with E-state index < -0.39 is 0 Å². The van der Waals surface area contributed by atoms with Gasteiger partial charge in [0, 0.05) is 18.6 Å². The summed E-state index contributed by atoms with van der Waals surface area (Å²) in [5.41, 5.74) is 0. The van der Waals surface area contributed by atoms with Crippen LogP contribution in [0.15, 0.2) is 0 Å². The fraction of sp³-hybridized carbons (Fsp3) is 1.00. The fourth-order valence-electron chi connectivity index (χ4n) is 3.93. The highest BCUT2D eigenvalue weighted by Gasteiger charge is 2.38. The van der Waals surface area contributed by atoms with Gasteiger partial charge in [-0.25, -0.2) is 0 Å². The van der Waals surface area contributed by atoms with Gasteiger partial charge in [-0.2, -0.15) is 0 Å². The molecule has 3 unspecified atom stereocenters. The molecule has 0 aromatic heterocycles. The Labute approximate surface area is 107 Å². The van der Waals surface area contributed by atoms with Crippen LogP contribution in [0.3, 0.4) is 0 Å². The summed E-state index contributed by atoms with van der Waals surface area (Å²) in [6, 6.07) is 1.66. The highest BCUT2D eigenvalue weighted by atomic mass is 15.2. The van der Waals surface area contributed by atoms with Crippen molar-refractivity contribution in [2.24, 2.45) is 11.8 Å². The van der Waals surface area contributed by atoms with Gasteiger partial charge in [-0.05, 0) is 50.6 Å². The van der Waals surface area contributed by atoms with Crippen molar-refractivity contribution in [3.05, 3.63) is 0 Å². The summed E-state index contributed by atoms with van der Waals surface area (Å²) >= 11 is 0.